The van der Waals surface area contributed by atoms with Crippen LogP contribution in [0.3, 0.4) is 0 Å². The number of carbonyl (C=O) groups excluding carboxylic acids is 1. The molecule has 0 aliphatic rings. The second kappa shape index (κ2) is 9.47. The van der Waals surface area contributed by atoms with Crippen molar-refractivity contribution in [2.24, 2.45) is 0 Å². The molecule has 1 unspecified atom stereocenters. The number of aromatic nitrogens is 1. The summed E-state index contributed by atoms with van der Waals surface area (Å²) in [7, 11) is 0. The van der Waals surface area contributed by atoms with Gasteiger partial charge in [0.25, 0.3) is 12.3 Å². The number of halogens is 3. The van der Waals surface area contributed by atoms with Crippen LogP contribution >= 0.6 is 22.9 Å². The van der Waals surface area contributed by atoms with Gasteiger partial charge in [-0.05, 0) is 42.5 Å². The van der Waals surface area contributed by atoms with E-state index in [9.17, 15) is 18.7 Å². The smallest absolute Gasteiger partial charge is 0.281 e. The molecule has 1 heterocycles. The molecule has 0 radical (unpaired) electrons. The Hall–Kier alpha value is -3.27. The van der Waals surface area contributed by atoms with Gasteiger partial charge >= 0.3 is 0 Å². The van der Waals surface area contributed by atoms with Crippen molar-refractivity contribution in [3.63, 3.8) is 0 Å². The number of amides is 1. The monoisotopic (exact) mass is 476 g/mol. The van der Waals surface area contributed by atoms with Crippen LogP contribution in [0.5, 0.6) is 11.5 Å². The predicted octanol–water partition coefficient (Wildman–Crippen LogP) is 4.89. The van der Waals surface area contributed by atoms with Gasteiger partial charge in [-0.2, -0.15) is 0 Å². The van der Waals surface area contributed by atoms with Crippen LogP contribution in [0.2, 0.25) is 5.02 Å². The zero-order valence-electron chi connectivity index (χ0n) is 16.2. The average Bonchev–Trinajstić information content (AvgIpc) is 3.15. The van der Waals surface area contributed by atoms with Crippen molar-refractivity contribution in [1.29, 1.82) is 0 Å². The van der Waals surface area contributed by atoms with Crippen LogP contribution in [-0.4, -0.2) is 22.4 Å². The standard InChI is InChI=1S/C22H15ClF2N2O4S/c23-12-6-9-17-15(10-12)26-18(32-17)11-30-16-8-7-14(24)19(20(16)25)21(28)27-22(29)31-13-4-2-1-3-5-13/h1-10,22,29H,11H2,(H,27,28). The molecule has 0 spiro atoms. The summed E-state index contributed by atoms with van der Waals surface area (Å²) < 4.78 is 40.4. The van der Waals surface area contributed by atoms with E-state index in [0.29, 0.717) is 15.5 Å². The van der Waals surface area contributed by atoms with Crippen molar-refractivity contribution in [3.05, 3.63) is 87.9 Å². The summed E-state index contributed by atoms with van der Waals surface area (Å²) in [5.41, 5.74) is -0.234. The average molecular weight is 477 g/mol. The van der Waals surface area contributed by atoms with Crippen LogP contribution in [0.25, 0.3) is 10.2 Å². The molecular weight excluding hydrogens is 462 g/mol. The molecule has 0 aliphatic heterocycles. The third-order valence-corrected chi connectivity index (χ3v) is 5.52. The molecule has 10 heteroatoms. The number of hydrogen-bond acceptors (Lipinski definition) is 6. The lowest BCUT2D eigenvalue weighted by Crippen LogP contribution is -2.39. The largest absolute Gasteiger partial charge is 0.483 e. The number of benzene rings is 3. The van der Waals surface area contributed by atoms with Gasteiger partial charge in [0.2, 0.25) is 0 Å². The van der Waals surface area contributed by atoms with E-state index in [-0.39, 0.29) is 18.1 Å². The fraction of sp³-hybridized carbons (Fsp3) is 0.0909. The van der Waals surface area contributed by atoms with Crippen molar-refractivity contribution >= 4 is 39.1 Å². The van der Waals surface area contributed by atoms with Crippen LogP contribution in [0, 0.1) is 11.6 Å². The Morgan fingerprint density at radius 3 is 2.72 bits per heavy atom. The van der Waals surface area contributed by atoms with Gasteiger partial charge in [0, 0.05) is 5.02 Å². The van der Waals surface area contributed by atoms with Crippen molar-refractivity contribution in [2.45, 2.75) is 13.0 Å². The number of rotatable bonds is 7. The predicted molar refractivity (Wildman–Crippen MR) is 116 cm³/mol. The lowest BCUT2D eigenvalue weighted by atomic mass is 10.1. The van der Waals surface area contributed by atoms with Gasteiger partial charge in [0.1, 0.15) is 28.7 Å². The Morgan fingerprint density at radius 2 is 1.94 bits per heavy atom. The molecule has 0 saturated carbocycles. The fourth-order valence-corrected chi connectivity index (χ4v) is 3.87. The second-order valence-electron chi connectivity index (χ2n) is 6.50. The van der Waals surface area contributed by atoms with E-state index in [1.54, 1.807) is 42.5 Å². The lowest BCUT2D eigenvalue weighted by Gasteiger charge is -2.16. The van der Waals surface area contributed by atoms with Gasteiger partial charge in [-0.25, -0.2) is 13.8 Å². The molecule has 164 valence electrons. The van der Waals surface area contributed by atoms with Crippen LogP contribution < -0.4 is 14.8 Å². The highest BCUT2D eigenvalue weighted by atomic mass is 35.5. The maximum Gasteiger partial charge on any atom is 0.281 e. The minimum absolute atomic E-state index is 0.0969. The summed E-state index contributed by atoms with van der Waals surface area (Å²) in [6.45, 7) is -0.0969. The van der Waals surface area contributed by atoms with Gasteiger partial charge in [-0.15, -0.1) is 11.3 Å². The molecule has 0 saturated heterocycles. The quantitative estimate of drug-likeness (QED) is 0.371. The number of nitrogens with one attached hydrogen (secondary N) is 1. The van der Waals surface area contributed by atoms with Crippen molar-refractivity contribution in [3.8, 4) is 11.5 Å². The SMILES string of the molecule is O=C(NC(O)Oc1ccccc1)c1c(F)ccc(OCc2nc3cc(Cl)ccc3s2)c1F. The molecule has 0 bridgehead atoms. The first-order chi connectivity index (χ1) is 15.4. The highest BCUT2D eigenvalue weighted by Gasteiger charge is 2.24. The molecular formula is C22H15ClF2N2O4S. The van der Waals surface area contributed by atoms with Crippen LogP contribution in [-0.2, 0) is 6.61 Å². The normalized spacial score (nSPS) is 11.9. The number of fused-ring (bicyclic) bond motifs is 1. The summed E-state index contributed by atoms with van der Waals surface area (Å²) >= 11 is 7.28. The molecule has 32 heavy (non-hydrogen) atoms. The molecule has 4 rings (SSSR count). The first kappa shape index (κ1) is 21.9. The van der Waals surface area contributed by atoms with E-state index in [1.165, 1.54) is 11.3 Å². The molecule has 6 nitrogen and oxygen atoms in total. The molecule has 0 aliphatic carbocycles. The van der Waals surface area contributed by atoms with E-state index in [4.69, 9.17) is 21.1 Å². The fourth-order valence-electron chi connectivity index (χ4n) is 2.84. The van der Waals surface area contributed by atoms with E-state index in [0.717, 1.165) is 16.8 Å². The number of aliphatic hydroxyl groups excluding tert-OH is 1. The van der Waals surface area contributed by atoms with Crippen LogP contribution in [0.4, 0.5) is 8.78 Å². The summed E-state index contributed by atoms with van der Waals surface area (Å²) in [6.07, 6.45) is -1.82. The van der Waals surface area contributed by atoms with E-state index >= 15 is 0 Å². The van der Waals surface area contributed by atoms with Gasteiger partial charge < -0.3 is 14.6 Å². The van der Waals surface area contributed by atoms with Crippen molar-refractivity contribution in [2.75, 3.05) is 0 Å². The minimum Gasteiger partial charge on any atom is -0.483 e. The maximum absolute atomic E-state index is 14.8. The molecule has 4 aromatic rings. The van der Waals surface area contributed by atoms with E-state index in [2.05, 4.69) is 4.98 Å². The number of para-hydroxylation sites is 1. The molecule has 2 N–H and O–H groups in total. The maximum atomic E-state index is 14.8. The zero-order valence-corrected chi connectivity index (χ0v) is 17.8. The number of nitrogens with zero attached hydrogens (tertiary/aromatic N) is 1. The number of carbonyl (C=O) groups is 1. The highest BCUT2D eigenvalue weighted by molar-refractivity contribution is 7.18. The summed E-state index contributed by atoms with van der Waals surface area (Å²) in [6, 6.07) is 15.3. The topological polar surface area (TPSA) is 80.7 Å². The molecule has 1 atom stereocenters. The number of ether oxygens (including phenoxy) is 2. The van der Waals surface area contributed by atoms with Crippen molar-refractivity contribution < 1.29 is 28.2 Å². The van der Waals surface area contributed by atoms with Crippen LogP contribution in [0.15, 0.2) is 60.7 Å². The van der Waals surface area contributed by atoms with E-state index in [1.807, 2.05) is 11.4 Å². The Morgan fingerprint density at radius 1 is 1.16 bits per heavy atom. The molecule has 3 aromatic carbocycles. The van der Waals surface area contributed by atoms with Gasteiger partial charge in [0.15, 0.2) is 11.6 Å². The summed E-state index contributed by atoms with van der Waals surface area (Å²) in [4.78, 5) is 16.7. The first-order valence-corrected chi connectivity index (χ1v) is 10.5. The highest BCUT2D eigenvalue weighted by Crippen LogP contribution is 2.28. The summed E-state index contributed by atoms with van der Waals surface area (Å²) in [5, 5.41) is 12.9. The molecule has 1 amide bonds. The second-order valence-corrected chi connectivity index (χ2v) is 8.05. The summed E-state index contributed by atoms with van der Waals surface area (Å²) in [5.74, 6) is -3.61. The number of thiazole rings is 1. The Bertz CT molecular complexity index is 1270. The Kier molecular flexibility index (Phi) is 6.50. The molecule has 0 fully saturated rings. The van der Waals surface area contributed by atoms with E-state index < -0.39 is 29.5 Å². The number of aliphatic hydroxyl groups is 1. The zero-order chi connectivity index (χ0) is 22.7. The third-order valence-electron chi connectivity index (χ3n) is 4.27. The van der Waals surface area contributed by atoms with Gasteiger partial charge in [-0.1, -0.05) is 29.8 Å². The Balaban J connectivity index is 1.47. The lowest BCUT2D eigenvalue weighted by molar-refractivity contribution is -0.0376. The van der Waals surface area contributed by atoms with Gasteiger partial charge in [0.05, 0.1) is 10.2 Å². The Labute approximate surface area is 190 Å². The van der Waals surface area contributed by atoms with Crippen LogP contribution in [0.1, 0.15) is 15.4 Å². The van der Waals surface area contributed by atoms with Crippen molar-refractivity contribution in [1.82, 2.24) is 10.3 Å². The minimum atomic E-state index is -1.82. The first-order valence-electron chi connectivity index (χ1n) is 9.27. The molecule has 1 aromatic heterocycles. The third kappa shape index (κ3) is 4.96. The number of hydrogen-bond donors (Lipinski definition) is 2. The van der Waals surface area contributed by atoms with Gasteiger partial charge in [-0.3, -0.25) is 10.1 Å².